The Bertz CT molecular complexity index is 1690. The van der Waals surface area contributed by atoms with Gasteiger partial charge >= 0.3 is 11.9 Å². The van der Waals surface area contributed by atoms with Gasteiger partial charge in [-0.05, 0) is 74.0 Å². The van der Waals surface area contributed by atoms with E-state index in [-0.39, 0.29) is 62.2 Å². The molecule has 0 aliphatic carbocycles. The van der Waals surface area contributed by atoms with Crippen LogP contribution < -0.4 is 43.0 Å². The van der Waals surface area contributed by atoms with Gasteiger partial charge in [-0.3, -0.25) is 43.2 Å². The van der Waals surface area contributed by atoms with Gasteiger partial charge in [-0.15, -0.1) is 0 Å². The molecule has 0 bridgehead atoms. The number of esters is 1. The van der Waals surface area contributed by atoms with E-state index in [0.29, 0.717) is 12.8 Å². The summed E-state index contributed by atoms with van der Waals surface area (Å²) in [6, 6.07) is -9.49. The summed E-state index contributed by atoms with van der Waals surface area (Å²) in [7, 11) is 0. The van der Waals surface area contributed by atoms with Gasteiger partial charge in [0, 0.05) is 6.42 Å². The molecule has 0 aromatic heterocycles. The molecule has 1 saturated heterocycles. The topological polar surface area (TPSA) is 310 Å². The summed E-state index contributed by atoms with van der Waals surface area (Å²) >= 11 is 0. The SMILES string of the molecule is CC[C@H](C)[C@@H]1NC(=O)[C@@H](CC(C)C)NC(=O)[C@H](CC(=O)O)NC(=O)[C@H](C(C)C)NC(=O)[C@@H](CC(C)C)NC(=O)[C@H](CC(C)C)NC(=O)[C@H](CCC(N)=O)NC(=O)CC(CCC(C)C)OC1=O. The standard InChI is InChI=1S/C46H80N8O12/c1-13-28(12)39-46(65)66-29(15-14-23(2)3)21-36(56)48-30(16-17-35(47)55)40(59)49-31(18-24(4)5)41(60)50-32(19-25(6)7)43(62)53-38(27(10)11)45(64)52-34(22-37(57)58)42(61)51-33(20-26(8)9)44(63)54-39/h23-34,38-39H,13-22H2,1-12H3,(H2,47,55)(H,48,56)(H,49,59)(H,50,60)(H,51,61)(H,52,64)(H,53,62)(H,54,63)(H,57,58)/t28-,29?,30-,31-,32+,33+,34-,38-,39-/m0/s1. The second-order valence-electron chi connectivity index (χ2n) is 19.7. The van der Waals surface area contributed by atoms with E-state index < -0.39 is 132 Å². The molecule has 376 valence electrons. The van der Waals surface area contributed by atoms with E-state index in [9.17, 15) is 53.1 Å². The second-order valence-corrected chi connectivity index (χ2v) is 19.7. The number of nitrogens with one attached hydrogen (secondary N) is 7. The van der Waals surface area contributed by atoms with E-state index in [2.05, 4.69) is 37.2 Å². The normalized spacial score (nSPS) is 25.7. The Balaban J connectivity index is 4.04. The van der Waals surface area contributed by atoms with Gasteiger partial charge in [0.25, 0.3) is 0 Å². The maximum absolute atomic E-state index is 14.1. The Morgan fingerprint density at radius 1 is 0.576 bits per heavy atom. The highest BCUT2D eigenvalue weighted by molar-refractivity contribution is 5.98. The van der Waals surface area contributed by atoms with Crippen LogP contribution in [0.4, 0.5) is 0 Å². The van der Waals surface area contributed by atoms with Crippen LogP contribution in [0.1, 0.15) is 147 Å². The molecule has 10 N–H and O–H groups in total. The highest BCUT2D eigenvalue weighted by Crippen LogP contribution is 2.19. The van der Waals surface area contributed by atoms with Crippen LogP contribution in [0, 0.1) is 35.5 Å². The molecule has 1 heterocycles. The minimum atomic E-state index is -1.72. The molecule has 1 unspecified atom stereocenters. The molecule has 8 amide bonds. The summed E-state index contributed by atoms with van der Waals surface area (Å²) in [6.45, 7) is 21.4. The number of carboxylic acid groups (broad SMARTS) is 1. The molecule has 66 heavy (non-hydrogen) atoms. The number of ether oxygens (including phenoxy) is 1. The quantitative estimate of drug-likeness (QED) is 0.0943. The molecule has 20 heteroatoms. The monoisotopic (exact) mass is 937 g/mol. The molecule has 20 nitrogen and oxygen atoms in total. The highest BCUT2D eigenvalue weighted by atomic mass is 16.5. The van der Waals surface area contributed by atoms with Crippen molar-refractivity contribution in [3.05, 3.63) is 0 Å². The summed E-state index contributed by atoms with van der Waals surface area (Å²) < 4.78 is 5.95. The number of carbonyl (C=O) groups excluding carboxylic acids is 9. The number of cyclic esters (lactones) is 1. The maximum atomic E-state index is 14.1. The van der Waals surface area contributed by atoms with E-state index in [1.807, 2.05) is 27.7 Å². The lowest BCUT2D eigenvalue weighted by atomic mass is 9.96. The molecule has 1 aliphatic heterocycles. The van der Waals surface area contributed by atoms with E-state index in [1.54, 1.807) is 55.4 Å². The molecule has 1 rings (SSSR count). The Kier molecular flexibility index (Phi) is 25.5. The molecule has 0 aromatic carbocycles. The fourth-order valence-electron chi connectivity index (χ4n) is 7.26. The highest BCUT2D eigenvalue weighted by Gasteiger charge is 2.38. The lowest BCUT2D eigenvalue weighted by Crippen LogP contribution is -2.61. The zero-order chi connectivity index (χ0) is 50.6. The summed E-state index contributed by atoms with van der Waals surface area (Å²) in [4.78, 5) is 136. The van der Waals surface area contributed by atoms with Gasteiger partial charge in [0.15, 0.2) is 0 Å². The predicted octanol–water partition coefficient (Wildman–Crippen LogP) is 1.71. The van der Waals surface area contributed by atoms with Gasteiger partial charge in [0.05, 0.1) is 12.8 Å². The lowest BCUT2D eigenvalue weighted by Gasteiger charge is -2.30. The van der Waals surface area contributed by atoms with Crippen LogP contribution in [-0.2, 0) is 52.7 Å². The molecular formula is C46H80N8O12. The van der Waals surface area contributed by atoms with Gasteiger partial charge in [0.1, 0.15) is 48.4 Å². The average molecular weight is 937 g/mol. The Morgan fingerprint density at radius 3 is 1.41 bits per heavy atom. The van der Waals surface area contributed by atoms with Crippen LogP contribution in [0.25, 0.3) is 0 Å². The van der Waals surface area contributed by atoms with Crippen molar-refractivity contribution in [1.29, 1.82) is 0 Å². The van der Waals surface area contributed by atoms with Crippen LogP contribution in [0.5, 0.6) is 0 Å². The van der Waals surface area contributed by atoms with Gasteiger partial charge in [0.2, 0.25) is 47.3 Å². The Morgan fingerprint density at radius 2 is 1.00 bits per heavy atom. The van der Waals surface area contributed by atoms with Crippen molar-refractivity contribution in [2.24, 2.45) is 41.2 Å². The first-order valence-electron chi connectivity index (χ1n) is 23.5. The van der Waals surface area contributed by atoms with E-state index in [1.165, 1.54) is 0 Å². The first-order chi connectivity index (χ1) is 30.6. The predicted molar refractivity (Wildman–Crippen MR) is 245 cm³/mol. The van der Waals surface area contributed by atoms with E-state index in [0.717, 1.165) is 0 Å². The van der Waals surface area contributed by atoms with Gasteiger partial charge in [-0.25, -0.2) is 4.79 Å². The van der Waals surface area contributed by atoms with Crippen molar-refractivity contribution in [2.75, 3.05) is 0 Å². The molecule has 0 radical (unpaired) electrons. The zero-order valence-electron chi connectivity index (χ0n) is 41.2. The van der Waals surface area contributed by atoms with Crippen molar-refractivity contribution in [1.82, 2.24) is 37.2 Å². The van der Waals surface area contributed by atoms with Gasteiger partial charge in [-0.2, -0.15) is 0 Å². The Labute approximate surface area is 390 Å². The van der Waals surface area contributed by atoms with Gasteiger partial charge in [-0.1, -0.05) is 89.5 Å². The third kappa shape index (κ3) is 21.8. The number of aliphatic carboxylic acids is 1. The molecule has 1 fully saturated rings. The molecule has 0 saturated carbocycles. The third-order valence-electron chi connectivity index (χ3n) is 11.1. The molecular weight excluding hydrogens is 857 g/mol. The van der Waals surface area contributed by atoms with Gasteiger partial charge < -0.3 is 52.8 Å². The smallest absolute Gasteiger partial charge is 0.329 e. The van der Waals surface area contributed by atoms with Crippen molar-refractivity contribution in [3.8, 4) is 0 Å². The first kappa shape index (κ1) is 58.7. The number of primary amides is 1. The van der Waals surface area contributed by atoms with Crippen LogP contribution in [0.2, 0.25) is 0 Å². The second kappa shape index (κ2) is 28.7. The van der Waals surface area contributed by atoms with Crippen molar-refractivity contribution < 1.29 is 57.8 Å². The summed E-state index contributed by atoms with van der Waals surface area (Å²) in [5.74, 6) is -10.4. The molecule has 9 atom stereocenters. The van der Waals surface area contributed by atoms with E-state index in [4.69, 9.17) is 10.5 Å². The largest absolute Gasteiger partial charge is 0.481 e. The summed E-state index contributed by atoms with van der Waals surface area (Å²) in [5, 5.41) is 28.2. The minimum absolute atomic E-state index is 0.0426. The number of carboxylic acids is 1. The van der Waals surface area contributed by atoms with Crippen LogP contribution in [0.15, 0.2) is 0 Å². The number of hydrogen-bond donors (Lipinski definition) is 9. The first-order valence-corrected chi connectivity index (χ1v) is 23.5. The fraction of sp³-hybridized carbons (Fsp3) is 0.783. The summed E-state index contributed by atoms with van der Waals surface area (Å²) in [6.07, 6.45) is -1.53. The molecule has 1 aliphatic rings. The Hall–Kier alpha value is -5.30. The van der Waals surface area contributed by atoms with Crippen LogP contribution in [0.3, 0.4) is 0 Å². The number of nitrogens with two attached hydrogens (primary N) is 1. The number of hydrogen-bond acceptors (Lipinski definition) is 11. The van der Waals surface area contributed by atoms with Crippen LogP contribution in [-0.4, -0.2) is 113 Å². The van der Waals surface area contributed by atoms with Crippen LogP contribution >= 0.6 is 0 Å². The maximum Gasteiger partial charge on any atom is 0.329 e. The van der Waals surface area contributed by atoms with Crippen molar-refractivity contribution in [2.45, 2.75) is 196 Å². The molecule has 0 spiro atoms. The van der Waals surface area contributed by atoms with Crippen molar-refractivity contribution in [3.63, 3.8) is 0 Å². The third-order valence-corrected chi connectivity index (χ3v) is 11.1. The number of carbonyl (C=O) groups is 10. The zero-order valence-corrected chi connectivity index (χ0v) is 41.2. The van der Waals surface area contributed by atoms with Crippen molar-refractivity contribution >= 4 is 59.2 Å². The minimum Gasteiger partial charge on any atom is -0.481 e. The summed E-state index contributed by atoms with van der Waals surface area (Å²) in [5.41, 5.74) is 5.44. The average Bonchev–Trinajstić information content (AvgIpc) is 3.19. The number of amides is 8. The fourth-order valence-corrected chi connectivity index (χ4v) is 7.26. The molecule has 0 aromatic rings. The number of rotatable bonds is 17. The van der Waals surface area contributed by atoms with E-state index >= 15 is 0 Å². The lowest BCUT2D eigenvalue weighted by molar-refractivity contribution is -0.156.